The van der Waals surface area contributed by atoms with E-state index in [1.165, 1.54) is 11.1 Å². The van der Waals surface area contributed by atoms with E-state index >= 15 is 0 Å². The molecule has 0 unspecified atom stereocenters. The van der Waals surface area contributed by atoms with Gasteiger partial charge in [0.1, 0.15) is 0 Å². The van der Waals surface area contributed by atoms with Crippen LogP contribution in [0.2, 0.25) is 5.02 Å². The Hall–Kier alpha value is -2.06. The highest BCUT2D eigenvalue weighted by Gasteiger charge is 2.27. The van der Waals surface area contributed by atoms with E-state index in [1.54, 1.807) is 6.08 Å². The second-order valence-corrected chi connectivity index (χ2v) is 6.02. The molecule has 112 valence electrons. The van der Waals surface area contributed by atoms with Crippen molar-refractivity contribution in [3.8, 4) is 0 Å². The van der Waals surface area contributed by atoms with Crippen molar-refractivity contribution in [2.45, 2.75) is 18.9 Å². The maximum atomic E-state index is 12.4. The molecule has 1 amide bonds. The molecule has 2 nitrogen and oxygen atoms in total. The summed E-state index contributed by atoms with van der Waals surface area (Å²) in [6.07, 6.45) is 5.50. The van der Waals surface area contributed by atoms with Crippen molar-refractivity contribution < 1.29 is 4.79 Å². The first kappa shape index (κ1) is 14.9. The van der Waals surface area contributed by atoms with Gasteiger partial charge in [-0.3, -0.25) is 4.79 Å². The smallest absolute Gasteiger partial charge is 0.246 e. The lowest BCUT2D eigenvalue weighted by Crippen LogP contribution is -2.28. The molecule has 2 aromatic rings. The molecule has 0 saturated heterocycles. The molecule has 1 aliphatic carbocycles. The normalized spacial score (nSPS) is 16.7. The maximum absolute atomic E-state index is 12.4. The summed E-state index contributed by atoms with van der Waals surface area (Å²) in [5.41, 5.74) is 3.60. The third-order valence-electron chi connectivity index (χ3n) is 4.20. The molecule has 1 aliphatic rings. The lowest BCUT2D eigenvalue weighted by Gasteiger charge is -2.24. The van der Waals surface area contributed by atoms with Crippen molar-refractivity contribution in [3.05, 3.63) is 76.3 Å². The third-order valence-corrected chi connectivity index (χ3v) is 4.46. The Morgan fingerprint density at radius 1 is 1.18 bits per heavy atom. The van der Waals surface area contributed by atoms with Gasteiger partial charge in [0.15, 0.2) is 0 Å². The molecule has 3 heteroatoms. The summed E-state index contributed by atoms with van der Waals surface area (Å²) in [6, 6.07) is 16.0. The van der Waals surface area contributed by atoms with Crippen LogP contribution in [0.4, 0.5) is 0 Å². The maximum Gasteiger partial charge on any atom is 0.246 e. The Labute approximate surface area is 136 Å². The molecule has 22 heavy (non-hydrogen) atoms. The molecule has 0 saturated carbocycles. The molecule has 0 N–H and O–H groups in total. The molecule has 0 bridgehead atoms. The fourth-order valence-electron chi connectivity index (χ4n) is 2.95. The van der Waals surface area contributed by atoms with Crippen LogP contribution in [0, 0.1) is 0 Å². The summed E-state index contributed by atoms with van der Waals surface area (Å²) >= 11 is 5.86. The standard InChI is InChI=1S/C19H18ClNO/c1-21(18-12-9-15-4-2-3-5-17(15)18)19(22)13-8-14-6-10-16(20)11-7-14/h2-8,10-11,13,18H,9,12H2,1H3/b13-8+/t18-/m0/s1. The van der Waals surface area contributed by atoms with Gasteiger partial charge >= 0.3 is 0 Å². The molecule has 0 aromatic heterocycles. The highest BCUT2D eigenvalue weighted by Crippen LogP contribution is 2.34. The number of aryl methyl sites for hydroxylation is 1. The number of rotatable bonds is 3. The fraction of sp³-hybridized carbons (Fsp3) is 0.211. The van der Waals surface area contributed by atoms with Gasteiger partial charge in [0.25, 0.3) is 0 Å². The van der Waals surface area contributed by atoms with Crippen molar-refractivity contribution in [2.24, 2.45) is 0 Å². The number of amides is 1. The van der Waals surface area contributed by atoms with Crippen molar-refractivity contribution in [3.63, 3.8) is 0 Å². The fourth-order valence-corrected chi connectivity index (χ4v) is 3.08. The quantitative estimate of drug-likeness (QED) is 0.764. The van der Waals surface area contributed by atoms with Crippen LogP contribution in [0.3, 0.4) is 0 Å². The van der Waals surface area contributed by atoms with E-state index in [1.807, 2.05) is 48.4 Å². The average Bonchev–Trinajstić information content (AvgIpc) is 2.97. The number of benzene rings is 2. The molecule has 0 heterocycles. The van der Waals surface area contributed by atoms with E-state index in [0.717, 1.165) is 18.4 Å². The summed E-state index contributed by atoms with van der Waals surface area (Å²) < 4.78 is 0. The zero-order valence-corrected chi connectivity index (χ0v) is 13.3. The Bertz CT molecular complexity index is 706. The summed E-state index contributed by atoms with van der Waals surface area (Å²) in [5, 5.41) is 0.697. The number of fused-ring (bicyclic) bond motifs is 1. The predicted molar refractivity (Wildman–Crippen MR) is 90.8 cm³/mol. The lowest BCUT2D eigenvalue weighted by molar-refractivity contribution is -0.126. The molecular formula is C19H18ClNO. The minimum absolute atomic E-state index is 0.0247. The zero-order valence-electron chi connectivity index (χ0n) is 12.5. The van der Waals surface area contributed by atoms with Gasteiger partial charge in [-0.2, -0.15) is 0 Å². The van der Waals surface area contributed by atoms with Crippen LogP contribution in [0.25, 0.3) is 6.08 Å². The van der Waals surface area contributed by atoms with Crippen molar-refractivity contribution >= 4 is 23.6 Å². The number of carbonyl (C=O) groups excluding carboxylic acids is 1. The molecule has 0 radical (unpaired) electrons. The first-order valence-corrected chi connectivity index (χ1v) is 7.81. The first-order chi connectivity index (χ1) is 10.6. The average molecular weight is 312 g/mol. The zero-order chi connectivity index (χ0) is 15.5. The highest BCUT2D eigenvalue weighted by molar-refractivity contribution is 6.30. The SMILES string of the molecule is CN(C(=O)/C=C/c1ccc(Cl)cc1)[C@H]1CCc2ccccc21. The lowest BCUT2D eigenvalue weighted by atomic mass is 10.1. The second-order valence-electron chi connectivity index (χ2n) is 5.59. The van der Waals surface area contributed by atoms with Gasteiger partial charge in [-0.05, 0) is 47.7 Å². The van der Waals surface area contributed by atoms with E-state index in [9.17, 15) is 4.79 Å². The number of carbonyl (C=O) groups is 1. The summed E-state index contributed by atoms with van der Waals surface area (Å²) in [4.78, 5) is 14.2. The molecule has 1 atom stereocenters. The van der Waals surface area contributed by atoms with Gasteiger partial charge in [-0.15, -0.1) is 0 Å². The van der Waals surface area contributed by atoms with E-state index in [2.05, 4.69) is 18.2 Å². The number of hydrogen-bond acceptors (Lipinski definition) is 1. The van der Waals surface area contributed by atoms with Crippen LogP contribution in [-0.2, 0) is 11.2 Å². The van der Waals surface area contributed by atoms with Crippen molar-refractivity contribution in [1.29, 1.82) is 0 Å². The van der Waals surface area contributed by atoms with Crippen LogP contribution in [0.1, 0.15) is 29.2 Å². The summed E-state index contributed by atoms with van der Waals surface area (Å²) in [7, 11) is 1.88. The van der Waals surface area contributed by atoms with Gasteiger partial charge in [0.2, 0.25) is 5.91 Å². The Kier molecular flexibility index (Phi) is 4.30. The highest BCUT2D eigenvalue weighted by atomic mass is 35.5. The minimum atomic E-state index is 0.0247. The van der Waals surface area contributed by atoms with Crippen molar-refractivity contribution in [1.82, 2.24) is 4.90 Å². The third kappa shape index (κ3) is 3.07. The second kappa shape index (κ2) is 6.37. The van der Waals surface area contributed by atoms with Crippen LogP contribution in [0.5, 0.6) is 0 Å². The molecular weight excluding hydrogens is 294 g/mol. The Morgan fingerprint density at radius 2 is 1.91 bits per heavy atom. The van der Waals surface area contributed by atoms with Crippen LogP contribution in [-0.4, -0.2) is 17.9 Å². The minimum Gasteiger partial charge on any atom is -0.335 e. The predicted octanol–water partition coefficient (Wildman–Crippen LogP) is 4.50. The van der Waals surface area contributed by atoms with E-state index in [4.69, 9.17) is 11.6 Å². The largest absolute Gasteiger partial charge is 0.335 e. The van der Waals surface area contributed by atoms with Crippen LogP contribution < -0.4 is 0 Å². The summed E-state index contributed by atoms with van der Waals surface area (Å²) in [5.74, 6) is 0.0247. The Morgan fingerprint density at radius 3 is 2.68 bits per heavy atom. The van der Waals surface area contributed by atoms with Gasteiger partial charge in [0, 0.05) is 18.1 Å². The van der Waals surface area contributed by atoms with E-state index in [-0.39, 0.29) is 11.9 Å². The molecule has 0 spiro atoms. The monoisotopic (exact) mass is 311 g/mol. The molecule has 0 fully saturated rings. The Balaban J connectivity index is 1.71. The van der Waals surface area contributed by atoms with Crippen LogP contribution >= 0.6 is 11.6 Å². The van der Waals surface area contributed by atoms with E-state index in [0.29, 0.717) is 5.02 Å². The number of nitrogens with zero attached hydrogens (tertiary/aromatic N) is 1. The van der Waals surface area contributed by atoms with Gasteiger partial charge in [-0.25, -0.2) is 0 Å². The van der Waals surface area contributed by atoms with Gasteiger partial charge in [0.05, 0.1) is 6.04 Å². The van der Waals surface area contributed by atoms with Gasteiger partial charge < -0.3 is 4.90 Å². The number of hydrogen-bond donors (Lipinski definition) is 0. The molecule has 3 rings (SSSR count). The van der Waals surface area contributed by atoms with Gasteiger partial charge in [-0.1, -0.05) is 48.0 Å². The number of halogens is 1. The molecule has 0 aliphatic heterocycles. The topological polar surface area (TPSA) is 20.3 Å². The number of likely N-dealkylation sites (N-methyl/N-ethyl adjacent to an activating group) is 1. The van der Waals surface area contributed by atoms with Crippen LogP contribution in [0.15, 0.2) is 54.6 Å². The van der Waals surface area contributed by atoms with Crippen molar-refractivity contribution in [2.75, 3.05) is 7.05 Å². The summed E-state index contributed by atoms with van der Waals surface area (Å²) in [6.45, 7) is 0. The van der Waals surface area contributed by atoms with E-state index < -0.39 is 0 Å². The molecule has 2 aromatic carbocycles. The first-order valence-electron chi connectivity index (χ1n) is 7.43.